The third-order valence-electron chi connectivity index (χ3n) is 1.36. The van der Waals surface area contributed by atoms with E-state index >= 15 is 0 Å². The molecule has 0 heterocycles. The first-order valence-electron chi connectivity index (χ1n) is 3.64. The third-order valence-corrected chi connectivity index (χ3v) is 1.36. The molecule has 0 aliphatic rings. The molecule has 70 valence electrons. The van der Waals surface area contributed by atoms with Crippen LogP contribution in [0.4, 0.5) is 0 Å². The van der Waals surface area contributed by atoms with Crippen LogP contribution in [-0.4, -0.2) is 23.4 Å². The first-order valence-corrected chi connectivity index (χ1v) is 3.64. The standard InChI is InChI=1S/C7H15N3O2/c1-4(5(8)11)10-6(12)7(2,3)9/h4H,9H2,1-3H3,(H2,8,11)(H,10,12)/t4-/m0/s1. The van der Waals surface area contributed by atoms with Gasteiger partial charge in [-0.15, -0.1) is 0 Å². The van der Waals surface area contributed by atoms with Gasteiger partial charge in [-0.2, -0.15) is 0 Å². The summed E-state index contributed by atoms with van der Waals surface area (Å²) in [6.07, 6.45) is 0. The topological polar surface area (TPSA) is 98.2 Å². The van der Waals surface area contributed by atoms with Gasteiger partial charge in [0.2, 0.25) is 11.8 Å². The number of hydrogen-bond acceptors (Lipinski definition) is 3. The summed E-state index contributed by atoms with van der Waals surface area (Å²) in [6, 6.07) is -0.680. The van der Waals surface area contributed by atoms with Gasteiger partial charge in [0.25, 0.3) is 0 Å². The zero-order valence-corrected chi connectivity index (χ0v) is 7.55. The molecular formula is C7H15N3O2. The van der Waals surface area contributed by atoms with Crippen LogP contribution >= 0.6 is 0 Å². The van der Waals surface area contributed by atoms with Crippen LogP contribution in [0.25, 0.3) is 0 Å². The van der Waals surface area contributed by atoms with Gasteiger partial charge in [-0.3, -0.25) is 9.59 Å². The number of nitrogens with one attached hydrogen (secondary N) is 1. The maximum atomic E-state index is 11.1. The van der Waals surface area contributed by atoms with Crippen molar-refractivity contribution in [2.75, 3.05) is 0 Å². The van der Waals surface area contributed by atoms with E-state index in [0.717, 1.165) is 0 Å². The summed E-state index contributed by atoms with van der Waals surface area (Å²) < 4.78 is 0. The van der Waals surface area contributed by atoms with Crippen LogP contribution in [0.2, 0.25) is 0 Å². The van der Waals surface area contributed by atoms with E-state index in [1.807, 2.05) is 0 Å². The molecule has 0 aromatic rings. The van der Waals surface area contributed by atoms with Gasteiger partial charge in [0.1, 0.15) is 6.04 Å². The molecule has 0 spiro atoms. The Morgan fingerprint density at radius 2 is 1.83 bits per heavy atom. The molecular weight excluding hydrogens is 158 g/mol. The highest BCUT2D eigenvalue weighted by molar-refractivity contribution is 5.90. The average molecular weight is 173 g/mol. The highest BCUT2D eigenvalue weighted by Crippen LogP contribution is 1.96. The Morgan fingerprint density at radius 1 is 1.42 bits per heavy atom. The van der Waals surface area contributed by atoms with Crippen molar-refractivity contribution in [2.24, 2.45) is 11.5 Å². The fourth-order valence-corrected chi connectivity index (χ4v) is 0.454. The van der Waals surface area contributed by atoms with Crippen molar-refractivity contribution in [1.29, 1.82) is 0 Å². The van der Waals surface area contributed by atoms with Crippen molar-refractivity contribution >= 4 is 11.8 Å². The SMILES string of the molecule is C[C@H](NC(=O)C(C)(C)N)C(N)=O. The fraction of sp³-hybridized carbons (Fsp3) is 0.714. The summed E-state index contributed by atoms with van der Waals surface area (Å²) >= 11 is 0. The summed E-state index contributed by atoms with van der Waals surface area (Å²) in [5, 5.41) is 2.38. The van der Waals surface area contributed by atoms with Gasteiger partial charge in [-0.25, -0.2) is 0 Å². The van der Waals surface area contributed by atoms with Gasteiger partial charge in [0.05, 0.1) is 5.54 Å². The van der Waals surface area contributed by atoms with E-state index in [1.54, 1.807) is 13.8 Å². The van der Waals surface area contributed by atoms with E-state index in [2.05, 4.69) is 5.32 Å². The first kappa shape index (κ1) is 10.9. The molecule has 5 heteroatoms. The summed E-state index contributed by atoms with van der Waals surface area (Å²) in [5.41, 5.74) is 9.41. The molecule has 5 N–H and O–H groups in total. The zero-order valence-electron chi connectivity index (χ0n) is 7.55. The Bertz CT molecular complexity index is 195. The number of carbonyl (C=O) groups excluding carboxylic acids is 2. The Kier molecular flexibility index (Phi) is 3.21. The van der Waals surface area contributed by atoms with Gasteiger partial charge in [-0.1, -0.05) is 0 Å². The van der Waals surface area contributed by atoms with E-state index < -0.39 is 23.4 Å². The summed E-state index contributed by atoms with van der Waals surface area (Å²) in [4.78, 5) is 21.7. The zero-order chi connectivity index (χ0) is 9.94. The lowest BCUT2D eigenvalue weighted by atomic mass is 10.1. The predicted octanol–water partition coefficient (Wildman–Crippen LogP) is -1.29. The number of hydrogen-bond donors (Lipinski definition) is 3. The molecule has 12 heavy (non-hydrogen) atoms. The third kappa shape index (κ3) is 3.34. The monoisotopic (exact) mass is 173 g/mol. The molecule has 2 amide bonds. The Labute approximate surface area is 71.5 Å². The molecule has 0 bridgehead atoms. The van der Waals surface area contributed by atoms with Gasteiger partial charge in [0.15, 0.2) is 0 Å². The smallest absolute Gasteiger partial charge is 0.240 e. The number of carbonyl (C=O) groups is 2. The maximum absolute atomic E-state index is 11.1. The summed E-state index contributed by atoms with van der Waals surface area (Å²) in [6.45, 7) is 4.61. The van der Waals surface area contributed by atoms with E-state index in [9.17, 15) is 9.59 Å². The maximum Gasteiger partial charge on any atom is 0.240 e. The summed E-state index contributed by atoms with van der Waals surface area (Å²) in [5.74, 6) is -0.971. The number of primary amides is 1. The minimum atomic E-state index is -0.982. The van der Waals surface area contributed by atoms with Crippen LogP contribution in [-0.2, 0) is 9.59 Å². The molecule has 0 aromatic heterocycles. The lowest BCUT2D eigenvalue weighted by molar-refractivity contribution is -0.129. The van der Waals surface area contributed by atoms with Gasteiger partial charge < -0.3 is 16.8 Å². The van der Waals surface area contributed by atoms with Crippen molar-refractivity contribution in [2.45, 2.75) is 32.4 Å². The largest absolute Gasteiger partial charge is 0.368 e. The Balaban J connectivity index is 4.11. The minimum absolute atomic E-state index is 0.395. The van der Waals surface area contributed by atoms with Crippen molar-refractivity contribution < 1.29 is 9.59 Å². The molecule has 0 saturated carbocycles. The van der Waals surface area contributed by atoms with Crippen molar-refractivity contribution in [3.05, 3.63) is 0 Å². The molecule has 0 radical (unpaired) electrons. The molecule has 0 aliphatic carbocycles. The number of nitrogens with two attached hydrogens (primary N) is 2. The van der Waals surface area contributed by atoms with Gasteiger partial charge in [-0.05, 0) is 20.8 Å². The first-order chi connectivity index (χ1) is 5.25. The molecule has 0 saturated heterocycles. The predicted molar refractivity (Wildman–Crippen MR) is 45.1 cm³/mol. The van der Waals surface area contributed by atoms with Crippen LogP contribution in [0, 0.1) is 0 Å². The minimum Gasteiger partial charge on any atom is -0.368 e. The number of rotatable bonds is 3. The summed E-state index contributed by atoms with van der Waals surface area (Å²) in [7, 11) is 0. The molecule has 0 aromatic carbocycles. The van der Waals surface area contributed by atoms with Crippen LogP contribution < -0.4 is 16.8 Å². The van der Waals surface area contributed by atoms with Crippen LogP contribution in [0.3, 0.4) is 0 Å². The Hall–Kier alpha value is -1.10. The quantitative estimate of drug-likeness (QED) is 0.495. The highest BCUT2D eigenvalue weighted by Gasteiger charge is 2.24. The van der Waals surface area contributed by atoms with Gasteiger partial charge >= 0.3 is 0 Å². The molecule has 0 rings (SSSR count). The van der Waals surface area contributed by atoms with E-state index in [4.69, 9.17) is 11.5 Å². The number of amides is 2. The lowest BCUT2D eigenvalue weighted by Gasteiger charge is -2.19. The highest BCUT2D eigenvalue weighted by atomic mass is 16.2. The molecule has 5 nitrogen and oxygen atoms in total. The van der Waals surface area contributed by atoms with E-state index in [1.165, 1.54) is 6.92 Å². The van der Waals surface area contributed by atoms with E-state index in [-0.39, 0.29) is 0 Å². The van der Waals surface area contributed by atoms with Crippen LogP contribution in [0.15, 0.2) is 0 Å². The van der Waals surface area contributed by atoms with Gasteiger partial charge in [0, 0.05) is 0 Å². The van der Waals surface area contributed by atoms with Crippen LogP contribution in [0.5, 0.6) is 0 Å². The van der Waals surface area contributed by atoms with E-state index in [0.29, 0.717) is 0 Å². The van der Waals surface area contributed by atoms with Crippen molar-refractivity contribution in [3.8, 4) is 0 Å². The lowest BCUT2D eigenvalue weighted by Crippen LogP contribution is -2.54. The second-order valence-corrected chi connectivity index (χ2v) is 3.32. The average Bonchev–Trinajstić information content (AvgIpc) is 1.85. The van der Waals surface area contributed by atoms with Crippen LogP contribution in [0.1, 0.15) is 20.8 Å². The molecule has 0 unspecified atom stereocenters. The normalized spacial score (nSPS) is 13.7. The molecule has 0 fully saturated rings. The molecule has 1 atom stereocenters. The van der Waals surface area contributed by atoms with Crippen molar-refractivity contribution in [3.63, 3.8) is 0 Å². The second kappa shape index (κ2) is 3.53. The van der Waals surface area contributed by atoms with Crippen molar-refractivity contribution in [1.82, 2.24) is 5.32 Å². The molecule has 0 aliphatic heterocycles. The fourth-order valence-electron chi connectivity index (χ4n) is 0.454. The second-order valence-electron chi connectivity index (χ2n) is 3.32. The Morgan fingerprint density at radius 3 is 2.08 bits per heavy atom.